The molecule has 0 nitrogen and oxygen atoms in total. The van der Waals surface area contributed by atoms with Gasteiger partial charge in [0.05, 0.1) is 5.41 Å². The molecular weight excluding hydrogens is 589 g/mol. The molecular formula is C49H30. The summed E-state index contributed by atoms with van der Waals surface area (Å²) in [6.07, 6.45) is 0. The van der Waals surface area contributed by atoms with Crippen molar-refractivity contribution in [2.45, 2.75) is 5.41 Å². The summed E-state index contributed by atoms with van der Waals surface area (Å²) < 4.78 is 0. The van der Waals surface area contributed by atoms with Crippen LogP contribution in [0.5, 0.6) is 0 Å². The largest absolute Gasteiger partial charge is 0.0725 e. The number of hydrogen-bond acceptors (Lipinski definition) is 0. The van der Waals surface area contributed by atoms with Gasteiger partial charge in [0.25, 0.3) is 0 Å². The van der Waals surface area contributed by atoms with E-state index in [9.17, 15) is 0 Å². The summed E-state index contributed by atoms with van der Waals surface area (Å²) in [5, 5.41) is 7.64. The summed E-state index contributed by atoms with van der Waals surface area (Å²) in [5.74, 6) is 0. The predicted octanol–water partition coefficient (Wildman–Crippen LogP) is 12.8. The van der Waals surface area contributed by atoms with Crippen LogP contribution in [0.25, 0.3) is 76.8 Å². The minimum absolute atomic E-state index is 0.369. The monoisotopic (exact) mass is 618 g/mol. The molecule has 11 rings (SSSR count). The van der Waals surface area contributed by atoms with Crippen molar-refractivity contribution in [1.82, 2.24) is 0 Å². The van der Waals surface area contributed by atoms with Gasteiger partial charge in [-0.25, -0.2) is 0 Å². The fourth-order valence-corrected chi connectivity index (χ4v) is 9.35. The summed E-state index contributed by atoms with van der Waals surface area (Å²) >= 11 is 0. The van der Waals surface area contributed by atoms with E-state index in [-0.39, 0.29) is 5.41 Å². The van der Waals surface area contributed by atoms with Crippen LogP contribution in [0.4, 0.5) is 0 Å². The van der Waals surface area contributed by atoms with Crippen LogP contribution >= 0.6 is 0 Å². The maximum Gasteiger partial charge on any atom is 0.0725 e. The number of benzene rings is 9. The number of hydrogen-bond donors (Lipinski definition) is 0. The molecule has 0 atom stereocenters. The van der Waals surface area contributed by atoms with Crippen LogP contribution in [-0.4, -0.2) is 0 Å². The molecule has 9 aromatic carbocycles. The first-order valence-corrected chi connectivity index (χ1v) is 17.2. The van der Waals surface area contributed by atoms with Gasteiger partial charge in [-0.1, -0.05) is 170 Å². The van der Waals surface area contributed by atoms with E-state index in [1.807, 2.05) is 0 Å². The second kappa shape index (κ2) is 9.89. The number of rotatable bonds is 2. The third-order valence-corrected chi connectivity index (χ3v) is 11.3. The van der Waals surface area contributed by atoms with Gasteiger partial charge in [0.2, 0.25) is 0 Å². The summed E-state index contributed by atoms with van der Waals surface area (Å²) in [6.45, 7) is 0. The molecule has 0 aliphatic heterocycles. The van der Waals surface area contributed by atoms with E-state index < -0.39 is 0 Å². The SMILES string of the molecule is c1ccc2c(c1)-c1ccccc1C21c2ccccc2-c2ccc(-c3c4ccccc4c(-c4ccc5ccccc5c4)c4ccccc34)cc21. The first-order chi connectivity index (χ1) is 24.3. The molecule has 0 radical (unpaired) electrons. The molecule has 0 saturated carbocycles. The lowest BCUT2D eigenvalue weighted by atomic mass is 9.70. The van der Waals surface area contributed by atoms with Gasteiger partial charge in [-0.15, -0.1) is 0 Å². The van der Waals surface area contributed by atoms with Crippen LogP contribution in [0.2, 0.25) is 0 Å². The van der Waals surface area contributed by atoms with Gasteiger partial charge in [-0.05, 0) is 111 Å². The van der Waals surface area contributed by atoms with Gasteiger partial charge in [0, 0.05) is 0 Å². The van der Waals surface area contributed by atoms with E-state index in [1.54, 1.807) is 0 Å². The van der Waals surface area contributed by atoms with Crippen molar-refractivity contribution in [3.05, 3.63) is 204 Å². The lowest BCUT2D eigenvalue weighted by molar-refractivity contribution is 0.794. The molecule has 0 fully saturated rings. The van der Waals surface area contributed by atoms with Gasteiger partial charge in [-0.2, -0.15) is 0 Å². The second-order valence-electron chi connectivity index (χ2n) is 13.6. The van der Waals surface area contributed by atoms with Crippen LogP contribution in [0, 0.1) is 0 Å². The number of fused-ring (bicyclic) bond motifs is 13. The quantitative estimate of drug-likeness (QED) is 0.169. The predicted molar refractivity (Wildman–Crippen MR) is 206 cm³/mol. The maximum absolute atomic E-state index is 2.53. The minimum atomic E-state index is -0.369. The average Bonchev–Trinajstić information content (AvgIpc) is 3.64. The Labute approximate surface area is 285 Å². The van der Waals surface area contributed by atoms with E-state index >= 15 is 0 Å². The zero-order valence-electron chi connectivity index (χ0n) is 26.8. The van der Waals surface area contributed by atoms with E-state index in [4.69, 9.17) is 0 Å². The highest BCUT2D eigenvalue weighted by Crippen LogP contribution is 2.63. The Bertz CT molecular complexity index is 2710. The average molecular weight is 619 g/mol. The Kier molecular flexibility index (Phi) is 5.41. The molecule has 49 heavy (non-hydrogen) atoms. The van der Waals surface area contributed by atoms with Crippen molar-refractivity contribution in [2.75, 3.05) is 0 Å². The second-order valence-corrected chi connectivity index (χ2v) is 13.6. The normalized spacial score (nSPS) is 13.5. The Morgan fingerprint density at radius 2 is 0.653 bits per heavy atom. The van der Waals surface area contributed by atoms with Crippen LogP contribution in [0.15, 0.2) is 182 Å². The summed E-state index contributed by atoms with van der Waals surface area (Å²) in [4.78, 5) is 0. The summed E-state index contributed by atoms with van der Waals surface area (Å²) in [7, 11) is 0. The minimum Gasteiger partial charge on any atom is -0.0619 e. The Morgan fingerprint density at radius 3 is 1.18 bits per heavy atom. The molecule has 0 heteroatoms. The third kappa shape index (κ3) is 3.48. The van der Waals surface area contributed by atoms with Gasteiger partial charge in [0.15, 0.2) is 0 Å². The van der Waals surface area contributed by atoms with Gasteiger partial charge < -0.3 is 0 Å². The van der Waals surface area contributed by atoms with Crippen LogP contribution in [-0.2, 0) is 5.41 Å². The topological polar surface area (TPSA) is 0 Å². The Hall–Kier alpha value is -6.24. The van der Waals surface area contributed by atoms with E-state index in [0.717, 1.165) is 0 Å². The Balaban J connectivity index is 1.24. The van der Waals surface area contributed by atoms with Gasteiger partial charge >= 0.3 is 0 Å². The highest BCUT2D eigenvalue weighted by Gasteiger charge is 2.51. The van der Waals surface area contributed by atoms with E-state index in [0.29, 0.717) is 0 Å². The first kappa shape index (κ1) is 26.8. The van der Waals surface area contributed by atoms with Crippen molar-refractivity contribution in [2.24, 2.45) is 0 Å². The standard InChI is InChI=1S/C49H30/c1-2-14-32-29-33(26-25-31(32)13-1)47-39-18-3-5-20-41(39)48(42-21-6-4-19-40(42)47)34-27-28-38-37-17-9-12-24-45(37)49(46(38)30-34)43-22-10-7-15-35(43)36-16-8-11-23-44(36)49/h1-30H. The fraction of sp³-hybridized carbons (Fsp3) is 0.0204. The molecule has 0 amide bonds. The highest BCUT2D eigenvalue weighted by molar-refractivity contribution is 6.22. The molecule has 2 aliphatic carbocycles. The van der Waals surface area contributed by atoms with Crippen molar-refractivity contribution >= 4 is 32.3 Å². The zero-order chi connectivity index (χ0) is 32.1. The fourth-order valence-electron chi connectivity index (χ4n) is 9.35. The highest BCUT2D eigenvalue weighted by atomic mass is 14.5. The van der Waals surface area contributed by atoms with Gasteiger partial charge in [-0.3, -0.25) is 0 Å². The molecule has 0 saturated heterocycles. The van der Waals surface area contributed by atoms with Crippen molar-refractivity contribution in [1.29, 1.82) is 0 Å². The zero-order valence-corrected chi connectivity index (χ0v) is 26.8. The van der Waals surface area contributed by atoms with E-state index in [1.165, 1.54) is 99.1 Å². The smallest absolute Gasteiger partial charge is 0.0619 e. The van der Waals surface area contributed by atoms with Gasteiger partial charge in [0.1, 0.15) is 0 Å². The molecule has 0 unspecified atom stereocenters. The molecule has 9 aromatic rings. The lowest BCUT2D eigenvalue weighted by Gasteiger charge is -2.30. The molecule has 0 bridgehead atoms. The van der Waals surface area contributed by atoms with Crippen molar-refractivity contribution < 1.29 is 0 Å². The molecule has 0 heterocycles. The molecule has 2 aliphatic rings. The third-order valence-electron chi connectivity index (χ3n) is 11.3. The van der Waals surface area contributed by atoms with Crippen LogP contribution in [0.1, 0.15) is 22.3 Å². The van der Waals surface area contributed by atoms with Crippen LogP contribution in [0.3, 0.4) is 0 Å². The molecule has 226 valence electrons. The first-order valence-electron chi connectivity index (χ1n) is 17.2. The van der Waals surface area contributed by atoms with E-state index in [2.05, 4.69) is 182 Å². The summed E-state index contributed by atoms with van der Waals surface area (Å²) in [6, 6.07) is 68.1. The van der Waals surface area contributed by atoms with Crippen molar-refractivity contribution in [3.8, 4) is 44.5 Å². The van der Waals surface area contributed by atoms with Crippen molar-refractivity contribution in [3.63, 3.8) is 0 Å². The van der Waals surface area contributed by atoms with Crippen LogP contribution < -0.4 is 0 Å². The lowest BCUT2D eigenvalue weighted by Crippen LogP contribution is -2.25. The summed E-state index contributed by atoms with van der Waals surface area (Å²) in [5.41, 5.74) is 15.6. The maximum atomic E-state index is 2.53. The Morgan fingerprint density at radius 1 is 0.265 bits per heavy atom. The molecule has 0 N–H and O–H groups in total. The molecule has 0 aromatic heterocycles. The molecule has 1 spiro atoms.